The van der Waals surface area contributed by atoms with Crippen molar-refractivity contribution in [2.45, 2.75) is 13.3 Å². The standard InChI is InChI=1S/C17H16Cl2N2O2/c1-11(22)12-5-7-13(8-6-12)20-10-9-16(23)21-15-4-2-3-14(18)17(15)19/h2-8,20H,9-10H2,1H3,(H,21,23). The van der Waals surface area contributed by atoms with Gasteiger partial charge in [0.05, 0.1) is 15.7 Å². The number of hydrogen-bond acceptors (Lipinski definition) is 3. The number of Topliss-reactive ketones (excluding diaryl/α,β-unsaturated/α-hetero) is 1. The Labute approximate surface area is 144 Å². The monoisotopic (exact) mass is 350 g/mol. The topological polar surface area (TPSA) is 58.2 Å². The highest BCUT2D eigenvalue weighted by atomic mass is 35.5. The summed E-state index contributed by atoms with van der Waals surface area (Å²) in [6.07, 6.45) is 0.275. The van der Waals surface area contributed by atoms with Crippen LogP contribution in [0.3, 0.4) is 0 Å². The summed E-state index contributed by atoms with van der Waals surface area (Å²) in [5.41, 5.74) is 2.00. The Bertz CT molecular complexity index is 715. The molecule has 0 spiro atoms. The minimum atomic E-state index is -0.165. The largest absolute Gasteiger partial charge is 0.385 e. The lowest BCUT2D eigenvalue weighted by Crippen LogP contribution is -2.16. The Morgan fingerprint density at radius 1 is 1.04 bits per heavy atom. The number of hydrogen-bond donors (Lipinski definition) is 2. The van der Waals surface area contributed by atoms with Gasteiger partial charge in [-0.15, -0.1) is 0 Å². The quantitative estimate of drug-likeness (QED) is 0.746. The first-order valence-electron chi connectivity index (χ1n) is 7.06. The third kappa shape index (κ3) is 4.98. The average Bonchev–Trinajstić information content (AvgIpc) is 2.52. The Hall–Kier alpha value is -2.04. The molecule has 6 heteroatoms. The number of amides is 1. The Balaban J connectivity index is 1.83. The predicted molar refractivity (Wildman–Crippen MR) is 94.6 cm³/mol. The van der Waals surface area contributed by atoms with Crippen LogP contribution >= 0.6 is 23.2 Å². The SMILES string of the molecule is CC(=O)c1ccc(NCCC(=O)Nc2cccc(Cl)c2Cl)cc1. The van der Waals surface area contributed by atoms with Gasteiger partial charge in [0.1, 0.15) is 0 Å². The second-order valence-corrected chi connectivity index (χ2v) is 5.75. The zero-order valence-electron chi connectivity index (χ0n) is 12.5. The summed E-state index contributed by atoms with van der Waals surface area (Å²) < 4.78 is 0. The minimum absolute atomic E-state index is 0.0225. The number of carbonyl (C=O) groups excluding carboxylic acids is 2. The van der Waals surface area contributed by atoms with Gasteiger partial charge in [0.15, 0.2) is 5.78 Å². The summed E-state index contributed by atoms with van der Waals surface area (Å²) in [7, 11) is 0. The summed E-state index contributed by atoms with van der Waals surface area (Å²) in [5, 5.41) is 6.57. The Morgan fingerprint density at radius 2 is 1.74 bits per heavy atom. The number of rotatable bonds is 6. The number of ketones is 1. The normalized spacial score (nSPS) is 10.2. The van der Waals surface area contributed by atoms with E-state index in [2.05, 4.69) is 10.6 Å². The Morgan fingerprint density at radius 3 is 2.39 bits per heavy atom. The van der Waals surface area contributed by atoms with Crippen LogP contribution in [0.2, 0.25) is 10.0 Å². The summed E-state index contributed by atoms with van der Waals surface area (Å²) in [4.78, 5) is 23.1. The molecule has 2 N–H and O–H groups in total. The smallest absolute Gasteiger partial charge is 0.226 e. The van der Waals surface area contributed by atoms with Gasteiger partial charge in [-0.25, -0.2) is 0 Å². The van der Waals surface area contributed by atoms with Gasteiger partial charge in [-0.3, -0.25) is 9.59 Å². The summed E-state index contributed by atoms with van der Waals surface area (Å²) in [6.45, 7) is 1.98. The van der Waals surface area contributed by atoms with Crippen LogP contribution in [0.25, 0.3) is 0 Å². The van der Waals surface area contributed by atoms with E-state index in [0.29, 0.717) is 27.8 Å². The van der Waals surface area contributed by atoms with E-state index in [0.717, 1.165) is 5.69 Å². The molecule has 4 nitrogen and oxygen atoms in total. The third-order valence-electron chi connectivity index (χ3n) is 3.20. The fourth-order valence-electron chi connectivity index (χ4n) is 1.96. The van der Waals surface area contributed by atoms with E-state index in [1.165, 1.54) is 6.92 Å². The molecule has 1 amide bonds. The first-order valence-corrected chi connectivity index (χ1v) is 7.81. The van der Waals surface area contributed by atoms with E-state index in [4.69, 9.17) is 23.2 Å². The Kier molecular flexibility index (Phi) is 6.02. The molecule has 120 valence electrons. The number of carbonyl (C=O) groups is 2. The molecule has 2 aromatic rings. The molecule has 0 saturated heterocycles. The molecule has 0 atom stereocenters. The van der Waals surface area contributed by atoms with E-state index in [9.17, 15) is 9.59 Å². The van der Waals surface area contributed by atoms with Crippen LogP contribution in [0.15, 0.2) is 42.5 Å². The fourth-order valence-corrected chi connectivity index (χ4v) is 2.30. The van der Waals surface area contributed by atoms with Crippen LogP contribution < -0.4 is 10.6 Å². The molecular weight excluding hydrogens is 335 g/mol. The summed E-state index contributed by atoms with van der Waals surface area (Å²) in [5.74, 6) is -0.142. The van der Waals surface area contributed by atoms with Crippen LogP contribution in [-0.2, 0) is 4.79 Å². The molecule has 2 aromatic carbocycles. The lowest BCUT2D eigenvalue weighted by Gasteiger charge is -2.09. The zero-order chi connectivity index (χ0) is 16.8. The number of nitrogens with one attached hydrogen (secondary N) is 2. The minimum Gasteiger partial charge on any atom is -0.385 e. The molecule has 0 bridgehead atoms. The van der Waals surface area contributed by atoms with Gasteiger partial charge >= 0.3 is 0 Å². The van der Waals surface area contributed by atoms with Crippen molar-refractivity contribution in [3.05, 3.63) is 58.1 Å². The van der Waals surface area contributed by atoms with Crippen molar-refractivity contribution in [2.75, 3.05) is 17.2 Å². The highest BCUT2D eigenvalue weighted by molar-refractivity contribution is 6.43. The van der Waals surface area contributed by atoms with Crippen molar-refractivity contribution >= 4 is 46.3 Å². The van der Waals surface area contributed by atoms with Gasteiger partial charge in [-0.05, 0) is 43.3 Å². The van der Waals surface area contributed by atoms with Gasteiger partial charge in [-0.1, -0.05) is 29.3 Å². The van der Waals surface area contributed by atoms with E-state index >= 15 is 0 Å². The van der Waals surface area contributed by atoms with Crippen LogP contribution in [-0.4, -0.2) is 18.2 Å². The van der Waals surface area contributed by atoms with Gasteiger partial charge in [-0.2, -0.15) is 0 Å². The van der Waals surface area contributed by atoms with Gasteiger partial charge in [0.25, 0.3) is 0 Å². The zero-order valence-corrected chi connectivity index (χ0v) is 14.0. The fraction of sp³-hybridized carbons (Fsp3) is 0.176. The van der Waals surface area contributed by atoms with E-state index in [1.807, 2.05) is 12.1 Å². The van der Waals surface area contributed by atoms with Crippen LogP contribution in [0, 0.1) is 0 Å². The highest BCUT2D eigenvalue weighted by Crippen LogP contribution is 2.29. The second-order valence-electron chi connectivity index (χ2n) is 4.96. The number of benzene rings is 2. The highest BCUT2D eigenvalue weighted by Gasteiger charge is 2.08. The van der Waals surface area contributed by atoms with Gasteiger partial charge < -0.3 is 10.6 Å². The molecule has 0 aromatic heterocycles. The maximum Gasteiger partial charge on any atom is 0.226 e. The van der Waals surface area contributed by atoms with Gasteiger partial charge in [0.2, 0.25) is 5.91 Å². The van der Waals surface area contributed by atoms with Crippen molar-refractivity contribution in [1.29, 1.82) is 0 Å². The summed E-state index contributed by atoms with van der Waals surface area (Å²) >= 11 is 11.9. The molecule has 0 fully saturated rings. The molecule has 0 unspecified atom stereocenters. The average molecular weight is 351 g/mol. The molecular formula is C17H16Cl2N2O2. The molecule has 0 heterocycles. The van der Waals surface area contributed by atoms with Crippen LogP contribution in [0.1, 0.15) is 23.7 Å². The van der Waals surface area contributed by atoms with Crippen molar-refractivity contribution < 1.29 is 9.59 Å². The first kappa shape index (κ1) is 17.3. The third-order valence-corrected chi connectivity index (χ3v) is 4.02. The molecule has 23 heavy (non-hydrogen) atoms. The second kappa shape index (κ2) is 7.99. The van der Waals surface area contributed by atoms with E-state index in [-0.39, 0.29) is 18.1 Å². The first-order chi connectivity index (χ1) is 11.0. The molecule has 0 saturated carbocycles. The molecule has 2 rings (SSSR count). The summed E-state index contributed by atoms with van der Waals surface area (Å²) in [6, 6.07) is 12.2. The van der Waals surface area contributed by atoms with Crippen molar-refractivity contribution in [2.24, 2.45) is 0 Å². The molecule has 0 aliphatic carbocycles. The predicted octanol–water partition coefficient (Wildman–Crippen LogP) is 4.64. The molecule has 0 radical (unpaired) electrons. The van der Waals surface area contributed by atoms with Crippen LogP contribution in [0.4, 0.5) is 11.4 Å². The molecule has 0 aliphatic heterocycles. The van der Waals surface area contributed by atoms with E-state index in [1.54, 1.807) is 30.3 Å². The van der Waals surface area contributed by atoms with Crippen molar-refractivity contribution in [1.82, 2.24) is 0 Å². The van der Waals surface area contributed by atoms with Crippen LogP contribution in [0.5, 0.6) is 0 Å². The van der Waals surface area contributed by atoms with Crippen molar-refractivity contribution in [3.63, 3.8) is 0 Å². The van der Waals surface area contributed by atoms with Gasteiger partial charge in [0, 0.05) is 24.2 Å². The number of halogens is 2. The molecule has 0 aliphatic rings. The lowest BCUT2D eigenvalue weighted by atomic mass is 10.1. The number of anilines is 2. The van der Waals surface area contributed by atoms with E-state index < -0.39 is 0 Å². The maximum absolute atomic E-state index is 11.9. The maximum atomic E-state index is 11.9. The van der Waals surface area contributed by atoms with Crippen molar-refractivity contribution in [3.8, 4) is 0 Å². The lowest BCUT2D eigenvalue weighted by molar-refractivity contribution is -0.115.